The number of nitrogens with zero attached hydrogens (tertiary/aromatic N) is 2. The van der Waals surface area contributed by atoms with Crippen LogP contribution in [-0.2, 0) is 20.0 Å². The summed E-state index contributed by atoms with van der Waals surface area (Å²) in [7, 11) is -5.48. The first-order valence-corrected chi connectivity index (χ1v) is 12.4. The lowest BCUT2D eigenvalue weighted by atomic mass is 9.99. The first kappa shape index (κ1) is 21.1. The Kier molecular flexibility index (Phi) is 5.85. The van der Waals surface area contributed by atoms with E-state index in [-0.39, 0.29) is 5.75 Å². The van der Waals surface area contributed by atoms with Crippen LogP contribution >= 0.6 is 0 Å². The molecule has 0 fully saturated rings. The van der Waals surface area contributed by atoms with Crippen molar-refractivity contribution in [2.45, 2.75) is 19.4 Å². The molecule has 1 N–H and O–H groups in total. The summed E-state index contributed by atoms with van der Waals surface area (Å²) >= 11 is 0. The van der Waals surface area contributed by atoms with E-state index in [0.29, 0.717) is 29.1 Å². The van der Waals surface area contributed by atoms with Crippen LogP contribution in [0.15, 0.2) is 53.6 Å². The van der Waals surface area contributed by atoms with Gasteiger partial charge in [-0.25, -0.2) is 16.8 Å². The molecular weight excluding hydrogens is 414 g/mol. The Balaban J connectivity index is 1.97. The molecule has 1 aliphatic heterocycles. The van der Waals surface area contributed by atoms with Gasteiger partial charge in [0.2, 0.25) is 20.0 Å². The molecule has 3 rings (SSSR count). The van der Waals surface area contributed by atoms with Crippen molar-refractivity contribution < 1.29 is 21.6 Å². The number of hydrazone groups is 1. The number of rotatable bonds is 7. The third-order valence-electron chi connectivity index (χ3n) is 4.54. The molecule has 0 amide bonds. The van der Waals surface area contributed by atoms with Crippen molar-refractivity contribution in [1.82, 2.24) is 4.41 Å². The van der Waals surface area contributed by atoms with Gasteiger partial charge in [0.25, 0.3) is 0 Å². The second-order valence-corrected chi connectivity index (χ2v) is 10.5. The number of sulfonamides is 2. The highest BCUT2D eigenvalue weighted by Gasteiger charge is 2.34. The van der Waals surface area contributed by atoms with Gasteiger partial charge in [0.05, 0.1) is 30.9 Å². The molecule has 156 valence electrons. The predicted octanol–water partition coefficient (Wildman–Crippen LogP) is 2.57. The normalized spacial score (nSPS) is 17.1. The topological polar surface area (TPSA) is 105 Å². The van der Waals surface area contributed by atoms with Gasteiger partial charge in [-0.15, -0.1) is 0 Å². The van der Waals surface area contributed by atoms with Gasteiger partial charge in [-0.1, -0.05) is 24.3 Å². The van der Waals surface area contributed by atoms with Crippen LogP contribution in [0.25, 0.3) is 0 Å². The largest absolute Gasteiger partial charge is 0.497 e. The van der Waals surface area contributed by atoms with E-state index >= 15 is 0 Å². The van der Waals surface area contributed by atoms with E-state index in [1.54, 1.807) is 56.5 Å². The summed E-state index contributed by atoms with van der Waals surface area (Å²) in [5.74, 6) is 0.582. The van der Waals surface area contributed by atoms with Gasteiger partial charge >= 0.3 is 0 Å². The third-order valence-corrected chi connectivity index (χ3v) is 6.86. The van der Waals surface area contributed by atoms with Gasteiger partial charge in [-0.3, -0.25) is 4.72 Å². The van der Waals surface area contributed by atoms with E-state index in [1.807, 2.05) is 6.07 Å². The Hall–Kier alpha value is -2.59. The quantitative estimate of drug-likeness (QED) is 0.717. The lowest BCUT2D eigenvalue weighted by Gasteiger charge is -2.21. The Labute approximate surface area is 171 Å². The third kappa shape index (κ3) is 4.88. The summed E-state index contributed by atoms with van der Waals surface area (Å²) in [6.07, 6.45) is 1.46. The molecule has 0 spiro atoms. The van der Waals surface area contributed by atoms with Crippen molar-refractivity contribution in [2.75, 3.05) is 23.8 Å². The highest BCUT2D eigenvalue weighted by molar-refractivity contribution is 7.92. The van der Waals surface area contributed by atoms with Crippen LogP contribution < -0.4 is 9.46 Å². The smallest absolute Gasteiger partial charge is 0.247 e. The van der Waals surface area contributed by atoms with Gasteiger partial charge < -0.3 is 4.74 Å². The Bertz CT molecular complexity index is 1140. The van der Waals surface area contributed by atoms with Gasteiger partial charge in [-0.2, -0.15) is 9.52 Å². The summed E-state index contributed by atoms with van der Waals surface area (Å²) < 4.78 is 57.2. The molecule has 0 radical (unpaired) electrons. The molecule has 1 heterocycles. The molecule has 2 aromatic rings. The van der Waals surface area contributed by atoms with E-state index in [2.05, 4.69) is 9.82 Å². The van der Waals surface area contributed by atoms with E-state index in [1.165, 1.54) is 0 Å². The summed E-state index contributed by atoms with van der Waals surface area (Å²) in [6.45, 7) is 1.55. The van der Waals surface area contributed by atoms with Gasteiger partial charge in [0, 0.05) is 12.1 Å². The molecule has 1 aliphatic rings. The molecule has 29 heavy (non-hydrogen) atoms. The van der Waals surface area contributed by atoms with Crippen molar-refractivity contribution in [1.29, 1.82) is 0 Å². The van der Waals surface area contributed by atoms with E-state index in [0.717, 1.165) is 16.2 Å². The minimum Gasteiger partial charge on any atom is -0.497 e. The highest BCUT2D eigenvalue weighted by atomic mass is 32.2. The maximum Gasteiger partial charge on any atom is 0.247 e. The lowest BCUT2D eigenvalue weighted by Crippen LogP contribution is -2.25. The Morgan fingerprint density at radius 3 is 2.52 bits per heavy atom. The average Bonchev–Trinajstić information content (AvgIpc) is 3.14. The number of methoxy groups -OCH3 is 1. The summed E-state index contributed by atoms with van der Waals surface area (Å²) in [5, 5.41) is 4.34. The number of ether oxygens (including phenoxy) is 1. The number of anilines is 1. The predicted molar refractivity (Wildman–Crippen MR) is 113 cm³/mol. The van der Waals surface area contributed by atoms with Gasteiger partial charge in [-0.05, 0) is 42.3 Å². The van der Waals surface area contributed by atoms with Crippen LogP contribution in [0.5, 0.6) is 5.75 Å². The summed E-state index contributed by atoms with van der Waals surface area (Å²) in [5.41, 5.74) is 2.38. The molecule has 0 aliphatic carbocycles. The minimum absolute atomic E-state index is 0.0437. The molecule has 0 saturated carbocycles. The Morgan fingerprint density at radius 2 is 1.86 bits per heavy atom. The molecule has 0 bridgehead atoms. The van der Waals surface area contributed by atoms with Crippen molar-refractivity contribution >= 4 is 31.4 Å². The highest BCUT2D eigenvalue weighted by Crippen LogP contribution is 2.36. The fourth-order valence-electron chi connectivity index (χ4n) is 3.08. The van der Waals surface area contributed by atoms with Crippen molar-refractivity contribution in [3.05, 3.63) is 59.7 Å². The van der Waals surface area contributed by atoms with Crippen LogP contribution in [0.4, 0.5) is 5.69 Å². The molecule has 10 heteroatoms. The molecule has 0 saturated heterocycles. The molecular formula is C19H23N3O5S2. The average molecular weight is 438 g/mol. The zero-order chi connectivity index (χ0) is 21.2. The fourth-order valence-corrected chi connectivity index (χ4v) is 4.62. The van der Waals surface area contributed by atoms with Crippen molar-refractivity contribution in [3.63, 3.8) is 0 Å². The fraction of sp³-hybridized carbons (Fsp3) is 0.316. The van der Waals surface area contributed by atoms with Crippen LogP contribution in [-0.4, -0.2) is 46.1 Å². The molecule has 2 aromatic carbocycles. The summed E-state index contributed by atoms with van der Waals surface area (Å²) in [4.78, 5) is 0. The zero-order valence-corrected chi connectivity index (χ0v) is 18.0. The number of hydrogen-bond donors (Lipinski definition) is 1. The second kappa shape index (κ2) is 8.03. The first-order valence-electron chi connectivity index (χ1n) is 8.94. The van der Waals surface area contributed by atoms with E-state index in [9.17, 15) is 16.8 Å². The number of hydrogen-bond acceptors (Lipinski definition) is 6. The standard InChI is InChI=1S/C19H23N3O5S2/c1-4-29(25,26)21-16-9-5-7-14(11-16)18-13-19(22(20-18)28(3,23)24)15-8-6-10-17(12-15)27-2/h5-12,19,21H,4,13H2,1-3H3/t19-/m1/s1. The number of nitrogens with one attached hydrogen (secondary N) is 1. The van der Waals surface area contributed by atoms with Gasteiger partial charge in [0.15, 0.2) is 0 Å². The second-order valence-electron chi connectivity index (χ2n) is 6.67. The van der Waals surface area contributed by atoms with Crippen molar-refractivity contribution in [3.8, 4) is 5.75 Å². The SMILES string of the molecule is CCS(=O)(=O)Nc1cccc(C2=NN(S(C)(=O)=O)[C@@H](c3cccc(OC)c3)C2)c1. The zero-order valence-electron chi connectivity index (χ0n) is 16.4. The molecule has 0 aromatic heterocycles. The number of benzene rings is 2. The van der Waals surface area contributed by atoms with E-state index < -0.39 is 26.1 Å². The maximum absolute atomic E-state index is 12.3. The monoisotopic (exact) mass is 437 g/mol. The first-order chi connectivity index (χ1) is 13.6. The molecule has 8 nitrogen and oxygen atoms in total. The minimum atomic E-state index is -3.61. The molecule has 1 atom stereocenters. The van der Waals surface area contributed by atoms with Crippen LogP contribution in [0, 0.1) is 0 Å². The molecule has 0 unspecified atom stereocenters. The van der Waals surface area contributed by atoms with Crippen LogP contribution in [0.2, 0.25) is 0 Å². The van der Waals surface area contributed by atoms with Gasteiger partial charge in [0.1, 0.15) is 5.75 Å². The Morgan fingerprint density at radius 1 is 1.14 bits per heavy atom. The van der Waals surface area contributed by atoms with Crippen molar-refractivity contribution in [2.24, 2.45) is 5.10 Å². The van der Waals surface area contributed by atoms with Crippen LogP contribution in [0.1, 0.15) is 30.5 Å². The van der Waals surface area contributed by atoms with Crippen LogP contribution in [0.3, 0.4) is 0 Å². The maximum atomic E-state index is 12.3. The van der Waals surface area contributed by atoms with E-state index in [4.69, 9.17) is 4.74 Å². The summed E-state index contributed by atoms with van der Waals surface area (Å²) in [6, 6.07) is 13.5. The lowest BCUT2D eigenvalue weighted by molar-refractivity contribution is 0.371.